The van der Waals surface area contributed by atoms with E-state index in [1.54, 1.807) is 0 Å². The fourth-order valence-electron chi connectivity index (χ4n) is 1.93. The highest BCUT2D eigenvalue weighted by molar-refractivity contribution is 5.31. The van der Waals surface area contributed by atoms with Crippen molar-refractivity contribution in [3.8, 4) is 0 Å². The van der Waals surface area contributed by atoms with Gasteiger partial charge < -0.3 is 10.3 Å². The van der Waals surface area contributed by atoms with Crippen molar-refractivity contribution in [2.75, 3.05) is 5.73 Å². The Morgan fingerprint density at radius 3 is 2.67 bits per heavy atom. The summed E-state index contributed by atoms with van der Waals surface area (Å²) in [7, 11) is 0. The maximum atomic E-state index is 5.41. The molecule has 0 spiro atoms. The van der Waals surface area contributed by atoms with Crippen LogP contribution >= 0.6 is 0 Å². The minimum atomic E-state index is 0.226. The molecule has 1 heterocycles. The summed E-state index contributed by atoms with van der Waals surface area (Å²) in [5, 5.41) is 3.60. The average Bonchev–Trinajstić information content (AvgIpc) is 2.96. The third kappa shape index (κ3) is 1.48. The van der Waals surface area contributed by atoms with Gasteiger partial charge in [-0.25, -0.2) is 0 Å². The molecule has 1 aromatic heterocycles. The molecule has 0 amide bonds. The molecule has 1 aromatic carbocycles. The van der Waals surface area contributed by atoms with Crippen LogP contribution in [0.5, 0.6) is 0 Å². The fourth-order valence-corrected chi connectivity index (χ4v) is 1.93. The third-order valence-corrected chi connectivity index (χ3v) is 2.79. The number of aromatic nitrogens is 2. The average molecular weight is 201 g/mol. The number of hydrogen-bond donors (Lipinski definition) is 1. The van der Waals surface area contributed by atoms with Crippen LogP contribution in [0.2, 0.25) is 0 Å². The van der Waals surface area contributed by atoms with Gasteiger partial charge in [0.25, 0.3) is 5.95 Å². The SMILES string of the molecule is Nc1noc(C2CC2c2ccccc2)n1. The summed E-state index contributed by atoms with van der Waals surface area (Å²) in [5.41, 5.74) is 6.74. The van der Waals surface area contributed by atoms with Crippen LogP contribution in [0, 0.1) is 0 Å². The highest BCUT2D eigenvalue weighted by Crippen LogP contribution is 2.53. The summed E-state index contributed by atoms with van der Waals surface area (Å²) in [4.78, 5) is 4.05. The Balaban J connectivity index is 1.80. The van der Waals surface area contributed by atoms with E-state index >= 15 is 0 Å². The van der Waals surface area contributed by atoms with E-state index in [9.17, 15) is 0 Å². The molecule has 76 valence electrons. The van der Waals surface area contributed by atoms with Crippen molar-refractivity contribution in [3.63, 3.8) is 0 Å². The Labute approximate surface area is 87.1 Å². The minimum absolute atomic E-state index is 0.226. The molecule has 1 aliphatic rings. The van der Waals surface area contributed by atoms with Gasteiger partial charge in [0.2, 0.25) is 5.89 Å². The molecule has 0 aliphatic heterocycles. The van der Waals surface area contributed by atoms with Crippen molar-refractivity contribution in [2.24, 2.45) is 0 Å². The van der Waals surface area contributed by atoms with Crippen molar-refractivity contribution in [1.29, 1.82) is 0 Å². The predicted octanol–water partition coefficient (Wildman–Crippen LogP) is 1.92. The van der Waals surface area contributed by atoms with E-state index in [0.717, 1.165) is 6.42 Å². The Bertz CT molecular complexity index is 466. The molecule has 4 nitrogen and oxygen atoms in total. The van der Waals surface area contributed by atoms with Crippen LogP contribution in [0.4, 0.5) is 5.95 Å². The lowest BCUT2D eigenvalue weighted by atomic mass is 10.1. The first-order valence-electron chi connectivity index (χ1n) is 4.98. The van der Waals surface area contributed by atoms with Crippen LogP contribution < -0.4 is 5.73 Å². The van der Waals surface area contributed by atoms with E-state index in [1.165, 1.54) is 5.56 Å². The van der Waals surface area contributed by atoms with Gasteiger partial charge >= 0.3 is 0 Å². The highest BCUT2D eigenvalue weighted by Gasteiger charge is 2.43. The molecule has 2 N–H and O–H groups in total. The van der Waals surface area contributed by atoms with E-state index in [2.05, 4.69) is 22.3 Å². The molecule has 0 radical (unpaired) electrons. The standard InChI is InChI=1S/C11H11N3O/c12-11-13-10(15-14-11)9-6-8(9)7-4-2-1-3-5-7/h1-5,8-9H,6H2,(H2,12,14). The number of rotatable bonds is 2. The van der Waals surface area contributed by atoms with Crippen LogP contribution in [0.15, 0.2) is 34.9 Å². The fraction of sp³-hybridized carbons (Fsp3) is 0.273. The lowest BCUT2D eigenvalue weighted by Gasteiger charge is -1.95. The van der Waals surface area contributed by atoms with Crippen molar-refractivity contribution < 1.29 is 4.52 Å². The highest BCUT2D eigenvalue weighted by atomic mass is 16.5. The molecule has 2 aromatic rings. The Hall–Kier alpha value is -1.84. The van der Waals surface area contributed by atoms with Crippen molar-refractivity contribution in [2.45, 2.75) is 18.3 Å². The van der Waals surface area contributed by atoms with Crippen LogP contribution in [0.25, 0.3) is 0 Å². The van der Waals surface area contributed by atoms with Gasteiger partial charge in [0, 0.05) is 5.92 Å². The quantitative estimate of drug-likeness (QED) is 0.806. The van der Waals surface area contributed by atoms with E-state index in [0.29, 0.717) is 17.7 Å². The number of nitrogens with zero attached hydrogens (tertiary/aromatic N) is 2. The first-order valence-corrected chi connectivity index (χ1v) is 4.98. The van der Waals surface area contributed by atoms with Gasteiger partial charge in [0.05, 0.1) is 0 Å². The summed E-state index contributed by atoms with van der Waals surface area (Å²) < 4.78 is 5.05. The van der Waals surface area contributed by atoms with Crippen molar-refractivity contribution in [1.82, 2.24) is 10.1 Å². The van der Waals surface area contributed by atoms with Crippen molar-refractivity contribution in [3.05, 3.63) is 41.8 Å². The van der Waals surface area contributed by atoms with E-state index in [-0.39, 0.29) is 5.95 Å². The minimum Gasteiger partial charge on any atom is -0.365 e. The van der Waals surface area contributed by atoms with Gasteiger partial charge in [-0.3, -0.25) is 0 Å². The topological polar surface area (TPSA) is 64.9 Å². The van der Waals surface area contributed by atoms with Crippen LogP contribution in [0.3, 0.4) is 0 Å². The van der Waals surface area contributed by atoms with Crippen LogP contribution in [-0.4, -0.2) is 10.1 Å². The zero-order valence-corrected chi connectivity index (χ0v) is 8.13. The molecule has 2 atom stereocenters. The maximum absolute atomic E-state index is 5.41. The van der Waals surface area contributed by atoms with Gasteiger partial charge in [-0.1, -0.05) is 30.3 Å². The number of nitrogens with two attached hydrogens (primary N) is 1. The van der Waals surface area contributed by atoms with E-state index in [4.69, 9.17) is 10.3 Å². The Morgan fingerprint density at radius 1 is 1.20 bits per heavy atom. The summed E-state index contributed by atoms with van der Waals surface area (Å²) >= 11 is 0. The van der Waals surface area contributed by atoms with Gasteiger partial charge in [-0.2, -0.15) is 4.98 Å². The molecule has 3 rings (SSSR count). The third-order valence-electron chi connectivity index (χ3n) is 2.79. The van der Waals surface area contributed by atoms with Crippen molar-refractivity contribution >= 4 is 5.95 Å². The van der Waals surface area contributed by atoms with Crippen LogP contribution in [0.1, 0.15) is 29.7 Å². The molecule has 1 saturated carbocycles. The maximum Gasteiger partial charge on any atom is 0.260 e. The zero-order valence-electron chi connectivity index (χ0n) is 8.13. The summed E-state index contributed by atoms with van der Waals surface area (Å²) in [6.45, 7) is 0. The molecule has 1 aliphatic carbocycles. The first kappa shape index (κ1) is 8.47. The summed E-state index contributed by atoms with van der Waals surface area (Å²) in [5.74, 6) is 1.77. The predicted molar refractivity (Wildman–Crippen MR) is 55.3 cm³/mol. The second-order valence-corrected chi connectivity index (χ2v) is 3.85. The summed E-state index contributed by atoms with van der Waals surface area (Å²) in [6.07, 6.45) is 1.08. The van der Waals surface area contributed by atoms with Crippen LogP contribution in [-0.2, 0) is 0 Å². The van der Waals surface area contributed by atoms with E-state index in [1.807, 2.05) is 18.2 Å². The monoisotopic (exact) mass is 201 g/mol. The van der Waals surface area contributed by atoms with Gasteiger partial charge in [0.1, 0.15) is 0 Å². The molecular weight excluding hydrogens is 190 g/mol. The number of nitrogen functional groups attached to an aromatic ring is 1. The second-order valence-electron chi connectivity index (χ2n) is 3.85. The molecule has 0 bridgehead atoms. The molecule has 0 saturated heterocycles. The zero-order chi connectivity index (χ0) is 10.3. The van der Waals surface area contributed by atoms with Gasteiger partial charge in [-0.15, -0.1) is 0 Å². The molecule has 1 fully saturated rings. The first-order chi connectivity index (χ1) is 7.34. The largest absolute Gasteiger partial charge is 0.365 e. The molecule has 4 heteroatoms. The lowest BCUT2D eigenvalue weighted by Crippen LogP contribution is -1.87. The Kier molecular flexibility index (Phi) is 1.74. The number of anilines is 1. The Morgan fingerprint density at radius 2 is 2.00 bits per heavy atom. The number of hydrogen-bond acceptors (Lipinski definition) is 4. The number of benzene rings is 1. The smallest absolute Gasteiger partial charge is 0.260 e. The second kappa shape index (κ2) is 3.08. The lowest BCUT2D eigenvalue weighted by molar-refractivity contribution is 0.379. The van der Waals surface area contributed by atoms with Gasteiger partial charge in [0.15, 0.2) is 0 Å². The molecule has 2 unspecified atom stereocenters. The summed E-state index contributed by atoms with van der Waals surface area (Å²) in [6, 6.07) is 10.4. The van der Waals surface area contributed by atoms with Gasteiger partial charge in [-0.05, 0) is 23.1 Å². The van der Waals surface area contributed by atoms with E-state index < -0.39 is 0 Å². The molecular formula is C11H11N3O. The normalized spacial score (nSPS) is 24.0. The molecule has 15 heavy (non-hydrogen) atoms.